The first kappa shape index (κ1) is 17.5. The summed E-state index contributed by atoms with van der Waals surface area (Å²) >= 11 is 3.56. The monoisotopic (exact) mass is 391 g/mol. The molecule has 1 aromatic carbocycles. The fraction of sp³-hybridized carbons (Fsp3) is 0.550. The van der Waals surface area contributed by atoms with E-state index in [2.05, 4.69) is 40.2 Å². The number of likely N-dealkylation sites (tertiary alicyclic amines) is 1. The Kier molecular flexibility index (Phi) is 5.05. The summed E-state index contributed by atoms with van der Waals surface area (Å²) in [5.74, 6) is 0.538. The van der Waals surface area contributed by atoms with Gasteiger partial charge in [-0.1, -0.05) is 33.6 Å². The Labute approximate surface area is 153 Å². The molecule has 1 heterocycles. The van der Waals surface area contributed by atoms with Crippen LogP contribution in [-0.4, -0.2) is 29.7 Å². The summed E-state index contributed by atoms with van der Waals surface area (Å²) in [4.78, 5) is 14.0. The van der Waals surface area contributed by atoms with Gasteiger partial charge in [0, 0.05) is 23.5 Å². The number of hydrogen-bond acceptors (Lipinski definition) is 2. The predicted molar refractivity (Wildman–Crippen MR) is 100 cm³/mol. The molecular weight excluding hydrogens is 366 g/mol. The number of amides is 1. The van der Waals surface area contributed by atoms with Crippen LogP contribution in [0.1, 0.15) is 57.1 Å². The van der Waals surface area contributed by atoms with Crippen LogP contribution in [0, 0.1) is 0 Å². The Bertz CT molecular complexity index is 650. The fourth-order valence-electron chi connectivity index (χ4n) is 3.55. The van der Waals surface area contributed by atoms with Crippen molar-refractivity contribution in [1.29, 1.82) is 0 Å². The average molecular weight is 392 g/mol. The fourth-order valence-corrected chi connectivity index (χ4v) is 3.95. The average Bonchev–Trinajstić information content (AvgIpc) is 2.88. The van der Waals surface area contributed by atoms with Crippen molar-refractivity contribution < 1.29 is 9.53 Å². The van der Waals surface area contributed by atoms with Gasteiger partial charge in [-0.15, -0.1) is 0 Å². The maximum absolute atomic E-state index is 12.1. The van der Waals surface area contributed by atoms with Crippen molar-refractivity contribution in [2.45, 2.75) is 58.0 Å². The number of rotatable bonds is 1. The predicted octanol–water partition coefficient (Wildman–Crippen LogP) is 5.44. The van der Waals surface area contributed by atoms with Gasteiger partial charge < -0.3 is 9.64 Å². The standard InChI is InChI=1S/C20H26BrNO2/c1-20(2,3)24-19(23)22-10-8-14(9-11-22)12-15-4-5-16-13-17(21)6-7-18(15)16/h6-7,12-13,15H,4-5,8-11H2,1-3H3. The second-order valence-electron chi connectivity index (χ2n) is 7.78. The van der Waals surface area contributed by atoms with Gasteiger partial charge in [0.25, 0.3) is 0 Å². The molecule has 1 amide bonds. The topological polar surface area (TPSA) is 29.5 Å². The van der Waals surface area contributed by atoms with Crippen molar-refractivity contribution in [3.63, 3.8) is 0 Å². The minimum atomic E-state index is -0.422. The summed E-state index contributed by atoms with van der Waals surface area (Å²) in [6.07, 6.45) is 6.55. The minimum absolute atomic E-state index is 0.183. The maximum atomic E-state index is 12.1. The highest BCUT2D eigenvalue weighted by atomic mass is 79.9. The Hall–Kier alpha value is -1.29. The first-order valence-corrected chi connectivity index (χ1v) is 9.57. The zero-order chi connectivity index (χ0) is 17.3. The second kappa shape index (κ2) is 6.91. The van der Waals surface area contributed by atoms with Crippen molar-refractivity contribution in [1.82, 2.24) is 4.90 Å². The first-order valence-electron chi connectivity index (χ1n) is 8.78. The van der Waals surface area contributed by atoms with E-state index < -0.39 is 5.60 Å². The molecule has 24 heavy (non-hydrogen) atoms. The number of allylic oxidation sites excluding steroid dienone is 1. The molecule has 0 aromatic heterocycles. The number of halogens is 1. The third-order valence-electron chi connectivity index (χ3n) is 4.72. The molecule has 1 atom stereocenters. The van der Waals surface area contributed by atoms with Gasteiger partial charge in [-0.2, -0.15) is 0 Å². The maximum Gasteiger partial charge on any atom is 0.410 e. The molecule has 3 rings (SSSR count). The van der Waals surface area contributed by atoms with Gasteiger partial charge in [-0.05, 0) is 69.7 Å². The Morgan fingerprint density at radius 1 is 1.25 bits per heavy atom. The molecule has 3 nitrogen and oxygen atoms in total. The molecule has 1 fully saturated rings. The van der Waals surface area contributed by atoms with Gasteiger partial charge >= 0.3 is 6.09 Å². The Morgan fingerprint density at radius 3 is 2.62 bits per heavy atom. The van der Waals surface area contributed by atoms with E-state index in [1.165, 1.54) is 27.6 Å². The second-order valence-corrected chi connectivity index (χ2v) is 8.70. The minimum Gasteiger partial charge on any atom is -0.444 e. The van der Waals surface area contributed by atoms with Crippen molar-refractivity contribution in [2.24, 2.45) is 0 Å². The molecule has 1 unspecified atom stereocenters. The van der Waals surface area contributed by atoms with Crippen molar-refractivity contribution >= 4 is 22.0 Å². The SMILES string of the molecule is CC(C)(C)OC(=O)N1CCC(=CC2CCc3cc(Br)ccc32)CC1. The van der Waals surface area contributed by atoms with E-state index >= 15 is 0 Å². The number of aryl methyl sites for hydroxylation is 1. The van der Waals surface area contributed by atoms with Crippen molar-refractivity contribution in [3.8, 4) is 0 Å². The molecule has 2 aliphatic rings. The highest BCUT2D eigenvalue weighted by molar-refractivity contribution is 9.10. The largest absolute Gasteiger partial charge is 0.444 e. The highest BCUT2D eigenvalue weighted by Crippen LogP contribution is 2.37. The highest BCUT2D eigenvalue weighted by Gasteiger charge is 2.26. The number of carbonyl (C=O) groups excluding carboxylic acids is 1. The van der Waals surface area contributed by atoms with Crippen LogP contribution in [0.3, 0.4) is 0 Å². The Balaban J connectivity index is 1.60. The van der Waals surface area contributed by atoms with Crippen molar-refractivity contribution in [2.75, 3.05) is 13.1 Å². The molecule has 1 aliphatic carbocycles. The molecule has 4 heteroatoms. The van der Waals surface area contributed by atoms with Gasteiger partial charge in [0.2, 0.25) is 0 Å². The summed E-state index contributed by atoms with van der Waals surface area (Å²) in [7, 11) is 0. The molecular formula is C20H26BrNO2. The van der Waals surface area contributed by atoms with Crippen LogP contribution in [0.25, 0.3) is 0 Å². The lowest BCUT2D eigenvalue weighted by Gasteiger charge is -2.31. The van der Waals surface area contributed by atoms with E-state index in [4.69, 9.17) is 4.74 Å². The van der Waals surface area contributed by atoms with Gasteiger partial charge in [0.1, 0.15) is 5.60 Å². The molecule has 0 bridgehead atoms. The quantitative estimate of drug-likeness (QED) is 0.596. The number of carbonyl (C=O) groups is 1. The summed E-state index contributed by atoms with van der Waals surface area (Å²) in [6, 6.07) is 6.64. The molecule has 1 aliphatic heterocycles. The number of ether oxygens (including phenoxy) is 1. The number of benzene rings is 1. The lowest BCUT2D eigenvalue weighted by atomic mass is 9.94. The number of hydrogen-bond donors (Lipinski definition) is 0. The van der Waals surface area contributed by atoms with E-state index in [1.54, 1.807) is 0 Å². The van der Waals surface area contributed by atoms with Crippen LogP contribution in [0.2, 0.25) is 0 Å². The lowest BCUT2D eigenvalue weighted by molar-refractivity contribution is 0.0236. The molecule has 1 saturated heterocycles. The van der Waals surface area contributed by atoms with Gasteiger partial charge in [0.15, 0.2) is 0 Å². The van der Waals surface area contributed by atoms with Crippen LogP contribution >= 0.6 is 15.9 Å². The smallest absolute Gasteiger partial charge is 0.410 e. The van der Waals surface area contributed by atoms with E-state index in [9.17, 15) is 4.79 Å². The molecule has 0 N–H and O–H groups in total. The molecule has 1 aromatic rings. The summed E-state index contributed by atoms with van der Waals surface area (Å²) in [5.41, 5.74) is 4.00. The van der Waals surface area contributed by atoms with E-state index in [1.807, 2.05) is 25.7 Å². The molecule has 0 spiro atoms. The Morgan fingerprint density at radius 2 is 1.96 bits per heavy atom. The number of piperidine rings is 1. The number of nitrogens with zero attached hydrogens (tertiary/aromatic N) is 1. The summed E-state index contributed by atoms with van der Waals surface area (Å²) < 4.78 is 6.63. The zero-order valence-electron chi connectivity index (χ0n) is 14.8. The van der Waals surface area contributed by atoms with Crippen LogP contribution in [0.4, 0.5) is 4.79 Å². The van der Waals surface area contributed by atoms with Crippen molar-refractivity contribution in [3.05, 3.63) is 45.4 Å². The van der Waals surface area contributed by atoms with Crippen LogP contribution < -0.4 is 0 Å². The van der Waals surface area contributed by atoms with Gasteiger partial charge in [-0.25, -0.2) is 4.79 Å². The normalized spacial score (nSPS) is 20.8. The van der Waals surface area contributed by atoms with Gasteiger partial charge in [0.05, 0.1) is 0 Å². The van der Waals surface area contributed by atoms with Crippen LogP contribution in [0.5, 0.6) is 0 Å². The first-order chi connectivity index (χ1) is 11.3. The molecule has 0 radical (unpaired) electrons. The lowest BCUT2D eigenvalue weighted by Crippen LogP contribution is -2.40. The van der Waals surface area contributed by atoms with Gasteiger partial charge in [-0.3, -0.25) is 0 Å². The third kappa shape index (κ3) is 4.21. The molecule has 0 saturated carbocycles. The molecule has 130 valence electrons. The third-order valence-corrected chi connectivity index (χ3v) is 5.22. The van der Waals surface area contributed by atoms with E-state index in [0.717, 1.165) is 32.4 Å². The van der Waals surface area contributed by atoms with E-state index in [-0.39, 0.29) is 6.09 Å². The van der Waals surface area contributed by atoms with Crippen LogP contribution in [0.15, 0.2) is 34.3 Å². The van der Waals surface area contributed by atoms with Crippen LogP contribution in [-0.2, 0) is 11.2 Å². The zero-order valence-corrected chi connectivity index (χ0v) is 16.4. The van der Waals surface area contributed by atoms with E-state index in [0.29, 0.717) is 5.92 Å². The number of fused-ring (bicyclic) bond motifs is 1. The summed E-state index contributed by atoms with van der Waals surface area (Å²) in [5, 5.41) is 0. The summed E-state index contributed by atoms with van der Waals surface area (Å²) in [6.45, 7) is 7.27.